The fraction of sp³-hybridized carbons (Fsp3) is 0.500. The Bertz CT molecular complexity index is 307. The van der Waals surface area contributed by atoms with Crippen LogP contribution in [0.4, 0.5) is 4.39 Å². The fourth-order valence-electron chi connectivity index (χ4n) is 1.35. The normalized spacial score (nSPS) is 11.5. The quantitative estimate of drug-likeness (QED) is 0.590. The number of hydrogen-bond acceptors (Lipinski definition) is 1. The van der Waals surface area contributed by atoms with Crippen molar-refractivity contribution in [2.24, 2.45) is 0 Å². The molecule has 15 heavy (non-hydrogen) atoms. The average molecular weight is 317 g/mol. The zero-order valence-electron chi connectivity index (χ0n) is 9.72. The van der Waals surface area contributed by atoms with Gasteiger partial charge >= 0.3 is 95.6 Å². The second-order valence-electron chi connectivity index (χ2n) is 4.97. The molecule has 1 rings (SSSR count). The van der Waals surface area contributed by atoms with Crippen molar-refractivity contribution in [3.05, 3.63) is 30.1 Å². The summed E-state index contributed by atoms with van der Waals surface area (Å²) in [4.78, 5) is 7.24. The van der Waals surface area contributed by atoms with Crippen molar-refractivity contribution < 1.29 is 9.13 Å². The molecule has 0 spiro atoms. The van der Waals surface area contributed by atoms with E-state index in [4.69, 9.17) is 4.74 Å². The molecule has 0 aliphatic carbocycles. The van der Waals surface area contributed by atoms with Gasteiger partial charge in [0.1, 0.15) is 0 Å². The van der Waals surface area contributed by atoms with Gasteiger partial charge in [0.05, 0.1) is 0 Å². The molecule has 0 N–H and O–H groups in total. The van der Waals surface area contributed by atoms with Gasteiger partial charge in [0.15, 0.2) is 0 Å². The van der Waals surface area contributed by atoms with Gasteiger partial charge in [-0.15, -0.1) is 0 Å². The van der Waals surface area contributed by atoms with Gasteiger partial charge in [0.2, 0.25) is 0 Å². The first-order valence-electron chi connectivity index (χ1n) is 5.36. The molecule has 0 aromatic heterocycles. The van der Waals surface area contributed by atoms with Crippen LogP contribution >= 0.6 is 0 Å². The molecular weight excluding hydrogens is 298 g/mol. The third-order valence-corrected chi connectivity index (χ3v) is 7.43. The first-order chi connectivity index (χ1) is 6.97. The van der Waals surface area contributed by atoms with Gasteiger partial charge in [-0.05, 0) is 0 Å². The van der Waals surface area contributed by atoms with E-state index in [9.17, 15) is 4.39 Å². The Morgan fingerprint density at radius 2 is 2.00 bits per heavy atom. The Balaban J connectivity index is 2.26. The van der Waals surface area contributed by atoms with Crippen LogP contribution in [0.1, 0.15) is 6.42 Å². The van der Waals surface area contributed by atoms with Crippen molar-refractivity contribution in [2.75, 3.05) is 6.61 Å². The van der Waals surface area contributed by atoms with Gasteiger partial charge in [-0.2, -0.15) is 0 Å². The minimum atomic E-state index is -1.63. The van der Waals surface area contributed by atoms with Gasteiger partial charge in [0, 0.05) is 0 Å². The molecule has 0 fully saturated rings. The van der Waals surface area contributed by atoms with E-state index in [2.05, 4.69) is 14.8 Å². The summed E-state index contributed by atoms with van der Waals surface area (Å²) >= 11 is -1.63. The molecule has 0 aliphatic rings. The summed E-state index contributed by atoms with van der Waals surface area (Å²) < 4.78 is 19.6. The summed E-state index contributed by atoms with van der Waals surface area (Å²) in [5.74, 6) is 0.404. The number of hydrogen-bond donors (Lipinski definition) is 0. The van der Waals surface area contributed by atoms with Crippen molar-refractivity contribution in [1.29, 1.82) is 0 Å². The van der Waals surface area contributed by atoms with Crippen LogP contribution in [0.3, 0.4) is 0 Å². The van der Waals surface area contributed by atoms with Crippen LogP contribution < -0.4 is 4.74 Å². The van der Waals surface area contributed by atoms with Gasteiger partial charge in [-0.25, -0.2) is 0 Å². The van der Waals surface area contributed by atoms with E-state index in [1.807, 2.05) is 0 Å². The van der Waals surface area contributed by atoms with Crippen molar-refractivity contribution >= 4 is 18.4 Å². The molecule has 1 nitrogen and oxygen atoms in total. The monoisotopic (exact) mass is 318 g/mol. The number of ether oxygens (including phenoxy) is 1. The van der Waals surface area contributed by atoms with Crippen LogP contribution in [0, 0.1) is 5.82 Å². The van der Waals surface area contributed by atoms with Gasteiger partial charge in [0.25, 0.3) is 0 Å². The Morgan fingerprint density at radius 3 is 2.60 bits per heavy atom. The van der Waals surface area contributed by atoms with E-state index < -0.39 is 18.4 Å². The van der Waals surface area contributed by atoms with E-state index in [1.165, 1.54) is 16.6 Å². The first kappa shape index (κ1) is 12.8. The molecule has 84 valence electrons. The number of rotatable bonds is 5. The van der Waals surface area contributed by atoms with Crippen molar-refractivity contribution in [1.82, 2.24) is 0 Å². The Kier molecular flexibility index (Phi) is 4.90. The minimum absolute atomic E-state index is 0.234. The second kappa shape index (κ2) is 5.73. The molecule has 1 aromatic rings. The van der Waals surface area contributed by atoms with Crippen LogP contribution in [0.25, 0.3) is 0 Å². The molecule has 0 radical (unpaired) electrons. The molecular formula is C12H19FOSn. The molecule has 0 unspecified atom stereocenters. The summed E-state index contributed by atoms with van der Waals surface area (Å²) in [6.45, 7) is 0.706. The molecule has 1 aromatic carbocycles. The standard InChI is InChI=1S/C9H10FO.3CH3.Sn/c1-2-6-11-9-5-3-4-8(10)7-9;;;;/h3-5,7H,1-2,6H2;3*1H3;. The second-order valence-corrected chi connectivity index (χ2v) is 21.0. The van der Waals surface area contributed by atoms with Gasteiger partial charge in [-0.3, -0.25) is 0 Å². The van der Waals surface area contributed by atoms with E-state index in [0.717, 1.165) is 6.42 Å². The third-order valence-electron chi connectivity index (χ3n) is 2.14. The van der Waals surface area contributed by atoms with Crippen LogP contribution in [0.15, 0.2) is 24.3 Å². The van der Waals surface area contributed by atoms with Gasteiger partial charge < -0.3 is 0 Å². The molecule has 0 atom stereocenters. The molecule has 0 amide bonds. The molecule has 0 saturated carbocycles. The van der Waals surface area contributed by atoms with Crippen molar-refractivity contribution in [3.8, 4) is 5.75 Å². The van der Waals surface area contributed by atoms with Crippen molar-refractivity contribution in [3.63, 3.8) is 0 Å². The molecule has 0 saturated heterocycles. The first-order valence-corrected chi connectivity index (χ1v) is 15.9. The third kappa shape index (κ3) is 6.02. The summed E-state index contributed by atoms with van der Waals surface area (Å²) in [6, 6.07) is 6.33. The average Bonchev–Trinajstić information content (AvgIpc) is 2.11. The predicted molar refractivity (Wildman–Crippen MR) is 64.7 cm³/mol. The molecule has 0 heterocycles. The van der Waals surface area contributed by atoms with E-state index >= 15 is 0 Å². The summed E-state index contributed by atoms with van der Waals surface area (Å²) in [6.07, 6.45) is 1.09. The fourth-order valence-corrected chi connectivity index (χ4v) is 4.79. The predicted octanol–water partition coefficient (Wildman–Crippen LogP) is 3.93. The zero-order chi connectivity index (χ0) is 11.3. The van der Waals surface area contributed by atoms with E-state index in [-0.39, 0.29) is 5.82 Å². The molecule has 0 aliphatic heterocycles. The van der Waals surface area contributed by atoms with E-state index in [0.29, 0.717) is 12.4 Å². The Labute approximate surface area is 95.5 Å². The SMILES string of the molecule is [CH3][Sn]([CH3])([CH3])[CH2]CCOc1cccc(F)c1. The zero-order valence-corrected chi connectivity index (χ0v) is 12.6. The topological polar surface area (TPSA) is 9.23 Å². The van der Waals surface area contributed by atoms with Crippen molar-refractivity contribution in [2.45, 2.75) is 25.7 Å². The van der Waals surface area contributed by atoms with Crippen LogP contribution in [0.2, 0.25) is 19.3 Å². The maximum absolute atomic E-state index is 12.8. The Morgan fingerprint density at radius 1 is 1.27 bits per heavy atom. The Hall–Kier alpha value is -0.251. The number of halogens is 1. The van der Waals surface area contributed by atoms with Crippen LogP contribution in [0.5, 0.6) is 5.75 Å². The van der Waals surface area contributed by atoms with Crippen LogP contribution in [-0.2, 0) is 0 Å². The van der Waals surface area contributed by atoms with E-state index in [1.54, 1.807) is 12.1 Å². The molecule has 0 bridgehead atoms. The molecule has 3 heteroatoms. The summed E-state index contributed by atoms with van der Waals surface area (Å²) in [5, 5.41) is 0. The maximum atomic E-state index is 12.8. The number of benzene rings is 1. The van der Waals surface area contributed by atoms with Crippen LogP contribution in [-0.4, -0.2) is 25.0 Å². The van der Waals surface area contributed by atoms with Gasteiger partial charge in [-0.1, -0.05) is 0 Å². The summed E-state index contributed by atoms with van der Waals surface area (Å²) in [5.41, 5.74) is 0. The summed E-state index contributed by atoms with van der Waals surface area (Å²) in [7, 11) is 0.